The number of hydrogen-bond donors (Lipinski definition) is 3. The van der Waals surface area contributed by atoms with Crippen LogP contribution >= 0.6 is 0 Å². The second-order valence-corrected chi connectivity index (χ2v) is 6.56. The molecule has 0 aromatic heterocycles. The summed E-state index contributed by atoms with van der Waals surface area (Å²) in [4.78, 5) is 24.1. The minimum absolute atomic E-state index is 0.119. The highest BCUT2D eigenvalue weighted by Crippen LogP contribution is 2.12. The Morgan fingerprint density at radius 3 is 2.20 bits per heavy atom. The van der Waals surface area contributed by atoms with Crippen molar-refractivity contribution in [2.75, 3.05) is 5.32 Å². The van der Waals surface area contributed by atoms with E-state index in [1.165, 1.54) is 0 Å². The molecule has 2 aromatic rings. The molecule has 2 rings (SSSR count). The molecule has 3 amide bonds. The molecule has 25 heavy (non-hydrogen) atoms. The fourth-order valence-corrected chi connectivity index (χ4v) is 2.13. The van der Waals surface area contributed by atoms with Crippen LogP contribution in [0, 0.1) is 0 Å². The molecule has 0 atom stereocenters. The maximum absolute atomic E-state index is 12.2. The fraction of sp³-hybridized carbons (Fsp3) is 0.300. The number of amides is 3. The van der Waals surface area contributed by atoms with Crippen LogP contribution in [-0.4, -0.2) is 17.5 Å². The first kappa shape index (κ1) is 18.5. The molecular formula is C20H25N3O2. The van der Waals surface area contributed by atoms with Crippen LogP contribution in [0.2, 0.25) is 0 Å². The van der Waals surface area contributed by atoms with E-state index in [9.17, 15) is 9.59 Å². The van der Waals surface area contributed by atoms with Crippen LogP contribution in [0.3, 0.4) is 0 Å². The minimum Gasteiger partial charge on any atom is -0.347 e. The lowest BCUT2D eigenvalue weighted by Crippen LogP contribution is -2.42. The Bertz CT molecular complexity index is 709. The van der Waals surface area contributed by atoms with Gasteiger partial charge in [-0.2, -0.15) is 0 Å². The molecule has 0 aliphatic rings. The van der Waals surface area contributed by atoms with Crippen LogP contribution in [0.5, 0.6) is 0 Å². The van der Waals surface area contributed by atoms with Crippen molar-refractivity contribution in [2.24, 2.45) is 0 Å². The van der Waals surface area contributed by atoms with Gasteiger partial charge in [-0.3, -0.25) is 4.79 Å². The number of benzene rings is 2. The highest BCUT2D eigenvalue weighted by Gasteiger charge is 2.18. The molecule has 0 aliphatic heterocycles. The molecule has 0 saturated carbocycles. The molecule has 0 aliphatic carbocycles. The summed E-state index contributed by atoms with van der Waals surface area (Å²) >= 11 is 0. The second-order valence-electron chi connectivity index (χ2n) is 6.56. The Balaban J connectivity index is 1.87. The second kappa shape index (κ2) is 8.33. The van der Waals surface area contributed by atoms with Crippen molar-refractivity contribution in [1.29, 1.82) is 0 Å². The van der Waals surface area contributed by atoms with Crippen molar-refractivity contribution < 1.29 is 9.59 Å². The van der Waals surface area contributed by atoms with Crippen molar-refractivity contribution in [3.8, 4) is 0 Å². The highest BCUT2D eigenvalue weighted by atomic mass is 16.2. The number of carbonyl (C=O) groups excluding carboxylic acids is 2. The summed E-state index contributed by atoms with van der Waals surface area (Å²) in [5.41, 5.74) is 1.99. The Hall–Kier alpha value is -2.82. The maximum atomic E-state index is 12.2. The molecule has 0 bridgehead atoms. The van der Waals surface area contributed by atoms with Crippen LogP contribution in [-0.2, 0) is 6.54 Å². The van der Waals surface area contributed by atoms with Gasteiger partial charge in [0.2, 0.25) is 0 Å². The van der Waals surface area contributed by atoms with Gasteiger partial charge in [-0.05, 0) is 50.1 Å². The summed E-state index contributed by atoms with van der Waals surface area (Å²) in [6.07, 6.45) is 0.847. The van der Waals surface area contributed by atoms with Crippen LogP contribution in [0.1, 0.15) is 43.1 Å². The van der Waals surface area contributed by atoms with Crippen molar-refractivity contribution >= 4 is 17.6 Å². The molecule has 5 heteroatoms. The summed E-state index contributed by atoms with van der Waals surface area (Å²) < 4.78 is 0. The van der Waals surface area contributed by atoms with Gasteiger partial charge >= 0.3 is 6.03 Å². The van der Waals surface area contributed by atoms with Crippen LogP contribution in [0.4, 0.5) is 10.5 Å². The standard InChI is InChI=1S/C20H25N3O2/c1-4-20(2,3)23-18(24)16-10-12-17(13-11-16)22-19(25)21-14-15-8-6-5-7-9-15/h5-13H,4,14H2,1-3H3,(H,23,24)(H2,21,22,25). The predicted molar refractivity (Wildman–Crippen MR) is 101 cm³/mol. The highest BCUT2D eigenvalue weighted by molar-refractivity contribution is 5.95. The summed E-state index contributed by atoms with van der Waals surface area (Å²) in [5.74, 6) is -0.119. The van der Waals surface area contributed by atoms with Gasteiger partial charge in [0.15, 0.2) is 0 Å². The van der Waals surface area contributed by atoms with E-state index in [2.05, 4.69) is 16.0 Å². The van der Waals surface area contributed by atoms with E-state index >= 15 is 0 Å². The molecule has 0 heterocycles. The molecule has 0 saturated heterocycles. The average molecular weight is 339 g/mol. The number of anilines is 1. The van der Waals surface area contributed by atoms with Gasteiger partial charge in [0.25, 0.3) is 5.91 Å². The average Bonchev–Trinajstić information content (AvgIpc) is 2.61. The van der Waals surface area contributed by atoms with E-state index < -0.39 is 0 Å². The van der Waals surface area contributed by atoms with Crippen LogP contribution in [0.15, 0.2) is 54.6 Å². The lowest BCUT2D eigenvalue weighted by atomic mass is 10.0. The zero-order chi connectivity index (χ0) is 18.3. The molecule has 0 radical (unpaired) electrons. The Labute approximate surface area is 148 Å². The van der Waals surface area contributed by atoms with Gasteiger partial charge in [-0.25, -0.2) is 4.79 Å². The molecule has 3 N–H and O–H groups in total. The smallest absolute Gasteiger partial charge is 0.319 e. The first-order valence-corrected chi connectivity index (χ1v) is 8.41. The Morgan fingerprint density at radius 2 is 1.60 bits per heavy atom. The maximum Gasteiger partial charge on any atom is 0.319 e. The topological polar surface area (TPSA) is 70.2 Å². The lowest BCUT2D eigenvalue weighted by molar-refractivity contribution is 0.0911. The van der Waals surface area contributed by atoms with E-state index in [0.717, 1.165) is 12.0 Å². The Kier molecular flexibility index (Phi) is 6.17. The Morgan fingerprint density at radius 1 is 0.960 bits per heavy atom. The lowest BCUT2D eigenvalue weighted by Gasteiger charge is -2.24. The van der Waals surface area contributed by atoms with E-state index in [1.807, 2.05) is 51.1 Å². The fourth-order valence-electron chi connectivity index (χ4n) is 2.13. The van der Waals surface area contributed by atoms with Crippen molar-refractivity contribution in [1.82, 2.24) is 10.6 Å². The first-order valence-electron chi connectivity index (χ1n) is 8.41. The van der Waals surface area contributed by atoms with E-state index in [-0.39, 0.29) is 17.5 Å². The van der Waals surface area contributed by atoms with Gasteiger partial charge < -0.3 is 16.0 Å². The van der Waals surface area contributed by atoms with E-state index in [1.54, 1.807) is 24.3 Å². The predicted octanol–water partition coefficient (Wildman–Crippen LogP) is 3.93. The number of rotatable bonds is 6. The van der Waals surface area contributed by atoms with Gasteiger partial charge in [0.1, 0.15) is 0 Å². The monoisotopic (exact) mass is 339 g/mol. The van der Waals surface area contributed by atoms with Gasteiger partial charge in [0, 0.05) is 23.3 Å². The third-order valence-corrected chi connectivity index (χ3v) is 4.04. The van der Waals surface area contributed by atoms with Crippen molar-refractivity contribution in [3.05, 3.63) is 65.7 Å². The van der Waals surface area contributed by atoms with Crippen molar-refractivity contribution in [2.45, 2.75) is 39.3 Å². The molecule has 0 fully saturated rings. The van der Waals surface area contributed by atoms with Crippen LogP contribution in [0.25, 0.3) is 0 Å². The third kappa shape index (κ3) is 5.95. The van der Waals surface area contributed by atoms with E-state index in [0.29, 0.717) is 17.8 Å². The molecule has 132 valence electrons. The van der Waals surface area contributed by atoms with Gasteiger partial charge in [0.05, 0.1) is 0 Å². The number of hydrogen-bond acceptors (Lipinski definition) is 2. The summed E-state index contributed by atoms with van der Waals surface area (Å²) in [6.45, 7) is 6.45. The molecule has 0 unspecified atom stereocenters. The van der Waals surface area contributed by atoms with Gasteiger partial charge in [-0.15, -0.1) is 0 Å². The van der Waals surface area contributed by atoms with Crippen LogP contribution < -0.4 is 16.0 Å². The quantitative estimate of drug-likeness (QED) is 0.746. The zero-order valence-corrected chi connectivity index (χ0v) is 14.9. The minimum atomic E-state index is -0.284. The number of urea groups is 1. The summed E-state index contributed by atoms with van der Waals surface area (Å²) in [5, 5.41) is 8.53. The molecule has 0 spiro atoms. The van der Waals surface area contributed by atoms with Crippen molar-refractivity contribution in [3.63, 3.8) is 0 Å². The number of nitrogens with one attached hydrogen (secondary N) is 3. The first-order chi connectivity index (χ1) is 11.9. The number of carbonyl (C=O) groups is 2. The molecule has 5 nitrogen and oxygen atoms in total. The summed E-state index contributed by atoms with van der Waals surface area (Å²) in [6, 6.07) is 16.2. The summed E-state index contributed by atoms with van der Waals surface area (Å²) in [7, 11) is 0. The normalized spacial score (nSPS) is 10.8. The molecule has 2 aromatic carbocycles. The third-order valence-electron chi connectivity index (χ3n) is 4.04. The zero-order valence-electron chi connectivity index (χ0n) is 14.9. The van der Waals surface area contributed by atoms with Gasteiger partial charge in [-0.1, -0.05) is 37.3 Å². The SMILES string of the molecule is CCC(C)(C)NC(=O)c1ccc(NC(=O)NCc2ccccc2)cc1. The molecular weight excluding hydrogens is 314 g/mol. The largest absolute Gasteiger partial charge is 0.347 e. The van der Waals surface area contributed by atoms with E-state index in [4.69, 9.17) is 0 Å².